The Kier molecular flexibility index (Phi) is 5.90. The first kappa shape index (κ1) is 19.5. The smallest absolute Gasteiger partial charge is 0.258 e. The fraction of sp³-hybridized carbons (Fsp3) is 0.176. The number of allylic oxidation sites excluding steroid dienone is 1. The summed E-state index contributed by atoms with van der Waals surface area (Å²) in [6.07, 6.45) is -2.28. The maximum atomic E-state index is 13.4. The number of benzene rings is 2. The van der Waals surface area contributed by atoms with E-state index in [1.807, 2.05) is 6.92 Å². The normalized spacial score (nSPS) is 13.2. The van der Waals surface area contributed by atoms with Crippen molar-refractivity contribution in [1.29, 1.82) is 0 Å². The highest BCUT2D eigenvalue weighted by Gasteiger charge is 2.39. The minimum absolute atomic E-state index is 0.207. The van der Waals surface area contributed by atoms with E-state index in [2.05, 4.69) is 15.9 Å². The number of aryl methyl sites for hydroxylation is 1. The van der Waals surface area contributed by atoms with Crippen molar-refractivity contribution >= 4 is 39.3 Å². The Balaban J connectivity index is 2.43. The Morgan fingerprint density at radius 1 is 1.24 bits per heavy atom. The molecule has 0 aliphatic rings. The van der Waals surface area contributed by atoms with Gasteiger partial charge in [-0.25, -0.2) is 0 Å². The summed E-state index contributed by atoms with van der Waals surface area (Å²) in [5.41, 5.74) is 0.735. The molecule has 1 atom stereocenters. The van der Waals surface area contributed by atoms with Crippen LogP contribution in [0, 0.1) is 17.0 Å². The summed E-state index contributed by atoms with van der Waals surface area (Å²) in [7, 11) is 0. The molecule has 0 saturated carbocycles. The maximum absolute atomic E-state index is 13.4. The zero-order chi connectivity index (χ0) is 18.8. The molecule has 25 heavy (non-hydrogen) atoms. The molecule has 0 aliphatic carbocycles. The molecule has 1 unspecified atom stereocenters. The van der Waals surface area contributed by atoms with Crippen LogP contribution in [0.4, 0.5) is 18.9 Å². The van der Waals surface area contributed by atoms with Crippen molar-refractivity contribution in [3.05, 3.63) is 78.8 Å². The van der Waals surface area contributed by atoms with E-state index in [0.717, 1.165) is 34.3 Å². The third-order valence-corrected chi connectivity index (χ3v) is 4.73. The van der Waals surface area contributed by atoms with Gasteiger partial charge in [0.1, 0.15) is 5.02 Å². The molecule has 0 N–H and O–H groups in total. The van der Waals surface area contributed by atoms with Gasteiger partial charge in [0, 0.05) is 10.5 Å². The van der Waals surface area contributed by atoms with Gasteiger partial charge in [0.2, 0.25) is 0 Å². The summed E-state index contributed by atoms with van der Waals surface area (Å²) >= 11 is 8.99. The van der Waals surface area contributed by atoms with Crippen LogP contribution >= 0.6 is 27.5 Å². The van der Waals surface area contributed by atoms with Crippen molar-refractivity contribution in [1.82, 2.24) is 0 Å². The molecule has 0 fully saturated rings. The first-order valence-corrected chi connectivity index (χ1v) is 8.21. The molecule has 0 amide bonds. The van der Waals surface area contributed by atoms with Crippen LogP contribution in [-0.2, 0) is 0 Å². The van der Waals surface area contributed by atoms with Gasteiger partial charge < -0.3 is 0 Å². The Morgan fingerprint density at radius 3 is 2.48 bits per heavy atom. The second-order valence-corrected chi connectivity index (χ2v) is 6.62. The van der Waals surface area contributed by atoms with E-state index < -0.39 is 22.7 Å². The van der Waals surface area contributed by atoms with Crippen LogP contribution in [0.5, 0.6) is 0 Å². The van der Waals surface area contributed by atoms with Crippen molar-refractivity contribution in [2.45, 2.75) is 19.0 Å². The molecule has 0 radical (unpaired) electrons. The van der Waals surface area contributed by atoms with E-state index in [-0.39, 0.29) is 10.6 Å². The average molecular weight is 435 g/mol. The topological polar surface area (TPSA) is 43.1 Å². The van der Waals surface area contributed by atoms with Crippen molar-refractivity contribution in [2.75, 3.05) is 0 Å². The summed E-state index contributed by atoms with van der Waals surface area (Å²) < 4.78 is 41.0. The van der Waals surface area contributed by atoms with Gasteiger partial charge in [0.05, 0.1) is 10.8 Å². The molecule has 0 aliphatic heterocycles. The fourth-order valence-electron chi connectivity index (χ4n) is 2.19. The number of nitro benzene ring substituents is 1. The Morgan fingerprint density at radius 2 is 1.92 bits per heavy atom. The Labute approximate surface area is 155 Å². The molecule has 0 spiro atoms. The summed E-state index contributed by atoms with van der Waals surface area (Å²) in [6.45, 7) is 1.86. The minimum Gasteiger partial charge on any atom is -0.258 e. The van der Waals surface area contributed by atoms with Gasteiger partial charge in [-0.15, -0.1) is 0 Å². The lowest BCUT2D eigenvalue weighted by Crippen LogP contribution is -2.19. The lowest BCUT2D eigenvalue weighted by Gasteiger charge is -2.17. The number of nitro groups is 1. The van der Waals surface area contributed by atoms with Crippen LogP contribution in [-0.4, -0.2) is 11.1 Å². The summed E-state index contributed by atoms with van der Waals surface area (Å²) in [4.78, 5) is 10.1. The first-order chi connectivity index (χ1) is 11.6. The van der Waals surface area contributed by atoms with Crippen LogP contribution < -0.4 is 0 Å². The minimum atomic E-state index is -4.60. The number of rotatable bonds is 4. The molecule has 0 bridgehead atoms. The van der Waals surface area contributed by atoms with E-state index in [0.29, 0.717) is 5.56 Å². The van der Waals surface area contributed by atoms with Crippen LogP contribution in [0.2, 0.25) is 5.02 Å². The fourth-order valence-corrected chi connectivity index (χ4v) is 2.78. The SMILES string of the molecule is Cc1ccc(/C=C/C(c2ccc(Cl)c([N+](=O)[O-])c2)C(F)(F)F)cc1Br. The summed E-state index contributed by atoms with van der Waals surface area (Å²) in [6, 6.07) is 8.26. The van der Waals surface area contributed by atoms with Crippen LogP contribution in [0.25, 0.3) is 6.08 Å². The highest BCUT2D eigenvalue weighted by Crippen LogP contribution is 2.39. The molecule has 8 heteroatoms. The number of halogens is 5. The van der Waals surface area contributed by atoms with E-state index in [9.17, 15) is 23.3 Å². The summed E-state index contributed by atoms with van der Waals surface area (Å²) in [5, 5.41) is 10.7. The third kappa shape index (κ3) is 4.83. The lowest BCUT2D eigenvalue weighted by molar-refractivity contribution is -0.384. The van der Waals surface area contributed by atoms with E-state index in [1.165, 1.54) is 6.08 Å². The number of hydrogen-bond acceptors (Lipinski definition) is 2. The zero-order valence-electron chi connectivity index (χ0n) is 12.8. The molecular formula is C17H12BrClF3NO2. The predicted octanol–water partition coefficient (Wildman–Crippen LogP) is 6.68. The molecule has 0 aromatic heterocycles. The van der Waals surface area contributed by atoms with E-state index in [1.54, 1.807) is 18.2 Å². The van der Waals surface area contributed by atoms with Gasteiger partial charge in [0.25, 0.3) is 5.69 Å². The van der Waals surface area contributed by atoms with Gasteiger partial charge in [-0.3, -0.25) is 10.1 Å². The van der Waals surface area contributed by atoms with E-state index >= 15 is 0 Å². The molecule has 3 nitrogen and oxygen atoms in total. The molecule has 2 rings (SSSR count). The molecule has 132 valence electrons. The number of alkyl halides is 3. The highest BCUT2D eigenvalue weighted by molar-refractivity contribution is 9.10. The highest BCUT2D eigenvalue weighted by atomic mass is 79.9. The number of hydrogen-bond donors (Lipinski definition) is 0. The predicted molar refractivity (Wildman–Crippen MR) is 94.8 cm³/mol. The van der Waals surface area contributed by atoms with Crippen molar-refractivity contribution in [2.24, 2.45) is 0 Å². The average Bonchev–Trinajstić information content (AvgIpc) is 2.50. The standard InChI is InChI=1S/C17H12BrClF3NO2/c1-10-2-3-11(8-14(10)18)4-6-13(17(20,21)22)12-5-7-15(19)16(9-12)23(24)25/h2-9,13H,1H3/b6-4+. The quantitative estimate of drug-likeness (QED) is 0.398. The van der Waals surface area contributed by atoms with Crippen molar-refractivity contribution in [3.8, 4) is 0 Å². The molecule has 0 saturated heterocycles. The second kappa shape index (κ2) is 7.58. The zero-order valence-corrected chi connectivity index (χ0v) is 15.2. The molecular weight excluding hydrogens is 423 g/mol. The Hall–Kier alpha value is -1.86. The summed E-state index contributed by atoms with van der Waals surface area (Å²) in [5.74, 6) is -1.98. The van der Waals surface area contributed by atoms with Gasteiger partial charge in [-0.05, 0) is 35.7 Å². The second-order valence-electron chi connectivity index (χ2n) is 5.35. The van der Waals surface area contributed by atoms with Crippen LogP contribution in [0.15, 0.2) is 46.9 Å². The van der Waals surface area contributed by atoms with Gasteiger partial charge in [0.15, 0.2) is 0 Å². The molecule has 0 heterocycles. The first-order valence-electron chi connectivity index (χ1n) is 7.04. The lowest BCUT2D eigenvalue weighted by atomic mass is 9.96. The molecule has 2 aromatic carbocycles. The van der Waals surface area contributed by atoms with Crippen molar-refractivity contribution in [3.63, 3.8) is 0 Å². The van der Waals surface area contributed by atoms with Gasteiger partial charge in [-0.2, -0.15) is 13.2 Å². The van der Waals surface area contributed by atoms with E-state index in [4.69, 9.17) is 11.6 Å². The Bertz CT molecular complexity index is 837. The van der Waals surface area contributed by atoms with Gasteiger partial charge in [-0.1, -0.05) is 57.9 Å². The van der Waals surface area contributed by atoms with Crippen LogP contribution in [0.3, 0.4) is 0 Å². The van der Waals surface area contributed by atoms with Gasteiger partial charge >= 0.3 is 6.18 Å². The third-order valence-electron chi connectivity index (χ3n) is 3.56. The monoisotopic (exact) mass is 433 g/mol. The largest absolute Gasteiger partial charge is 0.399 e. The molecule has 2 aromatic rings. The maximum Gasteiger partial charge on any atom is 0.399 e. The van der Waals surface area contributed by atoms with Crippen LogP contribution in [0.1, 0.15) is 22.6 Å². The number of nitrogens with zero attached hydrogens (tertiary/aromatic N) is 1. The van der Waals surface area contributed by atoms with Crippen molar-refractivity contribution < 1.29 is 18.1 Å².